The summed E-state index contributed by atoms with van der Waals surface area (Å²) in [5.74, 6) is 0.160. The van der Waals surface area contributed by atoms with Gasteiger partial charge in [0.2, 0.25) is 5.95 Å². The average molecular weight is 307 g/mol. The van der Waals surface area contributed by atoms with E-state index in [9.17, 15) is 4.79 Å². The Morgan fingerprint density at radius 3 is 2.87 bits per heavy atom. The summed E-state index contributed by atoms with van der Waals surface area (Å²) >= 11 is 0. The van der Waals surface area contributed by atoms with Crippen LogP contribution < -0.4 is 10.6 Å². The second-order valence-electron chi connectivity index (χ2n) is 5.54. The zero-order valence-corrected chi connectivity index (χ0v) is 12.6. The predicted octanol–water partition coefficient (Wildman–Crippen LogP) is 2.76. The number of hydrogen-bond donors (Lipinski definition) is 2. The standard InChI is InChI=1S/C17H17N5O/c18-11-12-4-3-7-14(10-12)21-17-19-9-8-15(22-17)16(23)20-13-5-1-2-6-13/h3-4,7-10,13H,1-2,5-6H2,(H,20,23)(H,19,21,22). The van der Waals surface area contributed by atoms with E-state index in [-0.39, 0.29) is 11.9 Å². The Kier molecular flexibility index (Phi) is 4.48. The lowest BCUT2D eigenvalue weighted by atomic mass is 10.2. The number of amides is 1. The first-order valence-electron chi connectivity index (χ1n) is 7.66. The van der Waals surface area contributed by atoms with Crippen molar-refractivity contribution in [3.63, 3.8) is 0 Å². The SMILES string of the molecule is N#Cc1cccc(Nc2nccc(C(=O)NC3CCCC3)n2)c1. The molecule has 0 atom stereocenters. The largest absolute Gasteiger partial charge is 0.348 e. The molecule has 116 valence electrons. The van der Waals surface area contributed by atoms with Crippen LogP contribution in [0.4, 0.5) is 11.6 Å². The number of aromatic nitrogens is 2. The first-order valence-corrected chi connectivity index (χ1v) is 7.66. The number of nitrogens with zero attached hydrogens (tertiary/aromatic N) is 3. The van der Waals surface area contributed by atoms with Crippen LogP contribution in [0.5, 0.6) is 0 Å². The average Bonchev–Trinajstić information content (AvgIpc) is 3.08. The maximum Gasteiger partial charge on any atom is 0.270 e. The fraction of sp³-hybridized carbons (Fsp3) is 0.294. The van der Waals surface area contributed by atoms with Gasteiger partial charge in [-0.2, -0.15) is 5.26 Å². The molecule has 0 radical (unpaired) electrons. The van der Waals surface area contributed by atoms with Crippen molar-refractivity contribution < 1.29 is 4.79 Å². The fourth-order valence-corrected chi connectivity index (χ4v) is 2.67. The van der Waals surface area contributed by atoms with Gasteiger partial charge in [0, 0.05) is 17.9 Å². The fourth-order valence-electron chi connectivity index (χ4n) is 2.67. The molecule has 0 bridgehead atoms. The predicted molar refractivity (Wildman–Crippen MR) is 86.2 cm³/mol. The number of anilines is 2. The van der Waals surface area contributed by atoms with Crippen molar-refractivity contribution in [1.82, 2.24) is 15.3 Å². The minimum atomic E-state index is -0.173. The topological polar surface area (TPSA) is 90.7 Å². The molecule has 6 nitrogen and oxygen atoms in total. The van der Waals surface area contributed by atoms with Gasteiger partial charge in [0.1, 0.15) is 5.69 Å². The Morgan fingerprint density at radius 2 is 2.09 bits per heavy atom. The summed E-state index contributed by atoms with van der Waals surface area (Å²) in [5, 5.41) is 14.9. The first-order chi connectivity index (χ1) is 11.2. The normalized spacial score (nSPS) is 14.2. The molecule has 1 heterocycles. The highest BCUT2D eigenvalue weighted by molar-refractivity contribution is 5.92. The smallest absolute Gasteiger partial charge is 0.270 e. The third-order valence-electron chi connectivity index (χ3n) is 3.83. The van der Waals surface area contributed by atoms with Crippen molar-refractivity contribution >= 4 is 17.5 Å². The molecule has 0 spiro atoms. The Morgan fingerprint density at radius 1 is 1.26 bits per heavy atom. The highest BCUT2D eigenvalue weighted by atomic mass is 16.1. The van der Waals surface area contributed by atoms with Crippen molar-refractivity contribution in [1.29, 1.82) is 5.26 Å². The van der Waals surface area contributed by atoms with E-state index in [1.54, 1.807) is 30.5 Å². The maximum atomic E-state index is 12.2. The second-order valence-corrected chi connectivity index (χ2v) is 5.54. The molecule has 0 unspecified atom stereocenters. The molecule has 6 heteroatoms. The molecule has 1 aliphatic rings. The van der Waals surface area contributed by atoms with Crippen LogP contribution >= 0.6 is 0 Å². The Hall–Kier alpha value is -2.94. The molecule has 1 saturated carbocycles. The number of carbonyl (C=O) groups excluding carboxylic acids is 1. The summed E-state index contributed by atoms with van der Waals surface area (Å²) in [6, 6.07) is 10.9. The molecule has 0 saturated heterocycles. The van der Waals surface area contributed by atoms with Gasteiger partial charge in [0.05, 0.1) is 11.6 Å². The van der Waals surface area contributed by atoms with E-state index in [0.29, 0.717) is 22.9 Å². The quantitative estimate of drug-likeness (QED) is 0.906. The molecule has 1 aliphatic carbocycles. The van der Waals surface area contributed by atoms with Gasteiger partial charge in [-0.25, -0.2) is 9.97 Å². The van der Waals surface area contributed by atoms with E-state index in [1.807, 2.05) is 6.07 Å². The summed E-state index contributed by atoms with van der Waals surface area (Å²) in [4.78, 5) is 20.6. The lowest BCUT2D eigenvalue weighted by molar-refractivity contribution is 0.0933. The lowest BCUT2D eigenvalue weighted by Gasteiger charge is -2.12. The Balaban J connectivity index is 1.71. The molecule has 2 aromatic rings. The van der Waals surface area contributed by atoms with Gasteiger partial charge in [-0.1, -0.05) is 18.9 Å². The van der Waals surface area contributed by atoms with Crippen molar-refractivity contribution in [2.45, 2.75) is 31.7 Å². The van der Waals surface area contributed by atoms with Crippen LogP contribution in [0, 0.1) is 11.3 Å². The van der Waals surface area contributed by atoms with Gasteiger partial charge in [-0.3, -0.25) is 4.79 Å². The van der Waals surface area contributed by atoms with Gasteiger partial charge >= 0.3 is 0 Å². The number of rotatable bonds is 4. The van der Waals surface area contributed by atoms with Gasteiger partial charge in [0.15, 0.2) is 0 Å². The van der Waals surface area contributed by atoms with Gasteiger partial charge < -0.3 is 10.6 Å². The molecule has 1 amide bonds. The van der Waals surface area contributed by atoms with Crippen LogP contribution in [0.1, 0.15) is 41.7 Å². The number of nitrogens with one attached hydrogen (secondary N) is 2. The molecule has 2 N–H and O–H groups in total. The number of nitriles is 1. The van der Waals surface area contributed by atoms with E-state index in [0.717, 1.165) is 25.7 Å². The Labute approximate surface area is 134 Å². The van der Waals surface area contributed by atoms with Gasteiger partial charge in [-0.05, 0) is 37.1 Å². The molecule has 0 aliphatic heterocycles. The van der Waals surface area contributed by atoms with Crippen molar-refractivity contribution in [3.8, 4) is 6.07 Å². The highest BCUT2D eigenvalue weighted by Crippen LogP contribution is 2.18. The van der Waals surface area contributed by atoms with E-state index >= 15 is 0 Å². The van der Waals surface area contributed by atoms with E-state index in [1.165, 1.54) is 0 Å². The van der Waals surface area contributed by atoms with Crippen LogP contribution in [-0.4, -0.2) is 21.9 Å². The van der Waals surface area contributed by atoms with Crippen LogP contribution in [0.2, 0.25) is 0 Å². The van der Waals surface area contributed by atoms with Crippen molar-refractivity contribution in [2.24, 2.45) is 0 Å². The molecular formula is C17H17N5O. The maximum absolute atomic E-state index is 12.2. The van der Waals surface area contributed by atoms with Crippen LogP contribution in [0.15, 0.2) is 36.5 Å². The van der Waals surface area contributed by atoms with Crippen molar-refractivity contribution in [3.05, 3.63) is 47.8 Å². The second kappa shape index (κ2) is 6.88. The summed E-state index contributed by atoms with van der Waals surface area (Å²) < 4.78 is 0. The highest BCUT2D eigenvalue weighted by Gasteiger charge is 2.18. The summed E-state index contributed by atoms with van der Waals surface area (Å²) in [7, 11) is 0. The van der Waals surface area contributed by atoms with Crippen LogP contribution in [0.25, 0.3) is 0 Å². The molecule has 1 aromatic carbocycles. The molecule has 3 rings (SSSR count). The summed E-state index contributed by atoms with van der Waals surface area (Å²) in [5.41, 5.74) is 1.59. The summed E-state index contributed by atoms with van der Waals surface area (Å²) in [6.45, 7) is 0. The minimum Gasteiger partial charge on any atom is -0.348 e. The number of carbonyl (C=O) groups is 1. The first kappa shape index (κ1) is 15.0. The third-order valence-corrected chi connectivity index (χ3v) is 3.83. The van der Waals surface area contributed by atoms with Crippen molar-refractivity contribution in [2.75, 3.05) is 5.32 Å². The number of benzene rings is 1. The third kappa shape index (κ3) is 3.83. The molecular weight excluding hydrogens is 290 g/mol. The molecule has 1 fully saturated rings. The van der Waals surface area contributed by atoms with Crippen LogP contribution in [-0.2, 0) is 0 Å². The number of hydrogen-bond acceptors (Lipinski definition) is 5. The summed E-state index contributed by atoms with van der Waals surface area (Å²) in [6.07, 6.45) is 5.94. The monoisotopic (exact) mass is 307 g/mol. The minimum absolute atomic E-state index is 0.173. The molecule has 23 heavy (non-hydrogen) atoms. The van der Waals surface area contributed by atoms with E-state index < -0.39 is 0 Å². The van der Waals surface area contributed by atoms with Gasteiger partial charge in [0.25, 0.3) is 5.91 Å². The zero-order chi connectivity index (χ0) is 16.1. The molecule has 1 aromatic heterocycles. The van der Waals surface area contributed by atoms with Crippen LogP contribution in [0.3, 0.4) is 0 Å². The lowest BCUT2D eigenvalue weighted by Crippen LogP contribution is -2.33. The van der Waals surface area contributed by atoms with E-state index in [2.05, 4.69) is 26.7 Å². The Bertz CT molecular complexity index is 747. The van der Waals surface area contributed by atoms with Gasteiger partial charge in [-0.15, -0.1) is 0 Å². The van der Waals surface area contributed by atoms with E-state index in [4.69, 9.17) is 5.26 Å². The zero-order valence-electron chi connectivity index (χ0n) is 12.6.